The summed E-state index contributed by atoms with van der Waals surface area (Å²) in [6.45, 7) is 2.94. The molecule has 0 saturated carbocycles. The number of aromatic nitrogens is 4. The molecule has 3 aromatic heterocycles. The first-order chi connectivity index (χ1) is 24.2. The van der Waals surface area contributed by atoms with Gasteiger partial charge in [-0.25, -0.2) is 19.2 Å². The molecular weight excluding hydrogens is 718 g/mol. The number of carbonyl (C=O) groups is 1. The van der Waals surface area contributed by atoms with E-state index >= 15 is 0 Å². The number of ether oxygens (including phenoxy) is 1. The summed E-state index contributed by atoms with van der Waals surface area (Å²) >= 11 is 2.74. The molecule has 0 fully saturated rings. The highest BCUT2D eigenvalue weighted by molar-refractivity contribution is 7.85. The zero-order chi connectivity index (χ0) is 36.8. The number of para-hydroxylation sites is 1. The minimum Gasteiger partial charge on any atom is -0.491 e. The van der Waals surface area contributed by atoms with Crippen LogP contribution >= 0.6 is 22.7 Å². The van der Waals surface area contributed by atoms with Crippen LogP contribution in [0.15, 0.2) is 48.5 Å². The molecule has 17 heteroatoms. The molecule has 13 nitrogen and oxygen atoms in total. The van der Waals surface area contributed by atoms with Crippen molar-refractivity contribution in [3.8, 4) is 17.6 Å². The Morgan fingerprint density at radius 2 is 1.88 bits per heavy atom. The van der Waals surface area contributed by atoms with E-state index in [4.69, 9.17) is 9.29 Å². The van der Waals surface area contributed by atoms with Gasteiger partial charge in [-0.3, -0.25) is 4.55 Å². The summed E-state index contributed by atoms with van der Waals surface area (Å²) in [5.74, 6) is 4.98. The van der Waals surface area contributed by atoms with Gasteiger partial charge in [0.05, 0.1) is 43.2 Å². The Morgan fingerprint density at radius 1 is 1.10 bits per heavy atom. The lowest BCUT2D eigenvalue weighted by molar-refractivity contribution is -0.883. The highest BCUT2D eigenvalue weighted by Gasteiger charge is 2.21. The standard InChI is InChI=1S/C34H36FN7O6S3/c1-22-20-29(39-40-31(22)38-33-36-25-11-5-6-12-27(25)49-33)41(2)34-37-30(32(43)44)28(50-34)13-8-18-48-26-15-14-23(21-24(26)35)10-7-16-42(3,4)17-9-19-51(45,46)47/h5-6,11-12,14-15,20-21H,8-9,13,16-19H2,1-4H3,(H2-,36,38,40,43,44,45,46,47)/p+1. The van der Waals surface area contributed by atoms with Crippen molar-refractivity contribution in [3.63, 3.8) is 0 Å². The van der Waals surface area contributed by atoms with Gasteiger partial charge in [-0.15, -0.1) is 21.5 Å². The van der Waals surface area contributed by atoms with Crippen LogP contribution in [0.1, 0.15) is 39.3 Å². The van der Waals surface area contributed by atoms with Crippen molar-refractivity contribution in [2.45, 2.75) is 26.2 Å². The molecule has 0 aliphatic rings. The Bertz CT molecular complexity index is 2180. The molecule has 2 aromatic carbocycles. The highest BCUT2D eigenvalue weighted by atomic mass is 32.2. The van der Waals surface area contributed by atoms with Gasteiger partial charge in [0.15, 0.2) is 39.2 Å². The highest BCUT2D eigenvalue weighted by Crippen LogP contribution is 2.33. The van der Waals surface area contributed by atoms with Crippen molar-refractivity contribution in [1.29, 1.82) is 0 Å². The van der Waals surface area contributed by atoms with Crippen LogP contribution in [-0.2, 0) is 16.5 Å². The van der Waals surface area contributed by atoms with Crippen molar-refractivity contribution in [2.75, 3.05) is 56.8 Å². The van der Waals surface area contributed by atoms with Crippen LogP contribution < -0.4 is 15.0 Å². The molecule has 0 aliphatic heterocycles. The summed E-state index contributed by atoms with van der Waals surface area (Å²) in [7, 11) is 1.51. The van der Waals surface area contributed by atoms with Crippen molar-refractivity contribution in [2.24, 2.45) is 0 Å². The Labute approximate surface area is 303 Å². The molecule has 0 aliphatic carbocycles. The SMILES string of the molecule is Cc1cc(N(C)c2nc(C(=O)O)c(CCCOc3ccc(C#CC[N+](C)(C)CCCS(=O)(=O)O)cc3F)s2)nnc1Nc1nc2ccccc2s1. The Morgan fingerprint density at radius 3 is 2.59 bits per heavy atom. The predicted molar refractivity (Wildman–Crippen MR) is 197 cm³/mol. The quantitative estimate of drug-likeness (QED) is 0.0501. The number of rotatable bonds is 15. The van der Waals surface area contributed by atoms with Gasteiger partial charge in [0.1, 0.15) is 6.54 Å². The molecule has 3 heterocycles. The third-order valence-electron chi connectivity index (χ3n) is 7.65. The van der Waals surface area contributed by atoms with Crippen molar-refractivity contribution < 1.29 is 36.5 Å². The van der Waals surface area contributed by atoms with Gasteiger partial charge in [0.2, 0.25) is 0 Å². The van der Waals surface area contributed by atoms with Crippen LogP contribution in [0, 0.1) is 24.6 Å². The fourth-order valence-electron chi connectivity index (χ4n) is 4.92. The molecular formula is C34H37FN7O6S3+. The van der Waals surface area contributed by atoms with E-state index < -0.39 is 21.9 Å². The maximum atomic E-state index is 14.8. The molecule has 0 bridgehead atoms. The van der Waals surface area contributed by atoms with Crippen LogP contribution in [0.4, 0.5) is 26.3 Å². The lowest BCUT2D eigenvalue weighted by atomic mass is 10.2. The number of anilines is 4. The second kappa shape index (κ2) is 16.1. The third kappa shape index (κ3) is 10.4. The number of thiazole rings is 2. The zero-order valence-electron chi connectivity index (χ0n) is 28.4. The number of carboxylic acids is 1. The minimum absolute atomic E-state index is 0.0556. The van der Waals surface area contributed by atoms with Gasteiger partial charge in [0.25, 0.3) is 10.1 Å². The zero-order valence-corrected chi connectivity index (χ0v) is 30.8. The first-order valence-corrected chi connectivity index (χ1v) is 19.0. The lowest BCUT2D eigenvalue weighted by Crippen LogP contribution is -2.41. The van der Waals surface area contributed by atoms with Crippen LogP contribution in [0.2, 0.25) is 0 Å². The Hall–Kier alpha value is -4.73. The van der Waals surface area contributed by atoms with Crippen LogP contribution in [0.3, 0.4) is 0 Å². The first-order valence-electron chi connectivity index (χ1n) is 15.8. The van der Waals surface area contributed by atoms with E-state index in [0.29, 0.717) is 69.2 Å². The summed E-state index contributed by atoms with van der Waals surface area (Å²) in [5.41, 5.74) is 2.11. The minimum atomic E-state index is -4.01. The summed E-state index contributed by atoms with van der Waals surface area (Å²) in [4.78, 5) is 23.2. The number of hydrogen-bond acceptors (Lipinski definition) is 12. The van der Waals surface area contributed by atoms with E-state index in [-0.39, 0.29) is 23.8 Å². The second-order valence-corrected chi connectivity index (χ2v) is 16.0. The topological polar surface area (TPSA) is 168 Å². The molecule has 0 atom stereocenters. The summed E-state index contributed by atoms with van der Waals surface area (Å²) < 4.78 is 52.7. The number of nitrogens with one attached hydrogen (secondary N) is 1. The summed E-state index contributed by atoms with van der Waals surface area (Å²) in [5, 5.41) is 22.9. The van der Waals surface area contributed by atoms with Crippen molar-refractivity contribution in [1.82, 2.24) is 20.2 Å². The van der Waals surface area contributed by atoms with E-state index in [2.05, 4.69) is 37.3 Å². The number of carboxylic acid groups (broad SMARTS) is 1. The number of halogens is 1. The number of benzene rings is 2. The average Bonchev–Trinajstić information content (AvgIpc) is 3.68. The maximum absolute atomic E-state index is 14.8. The second-order valence-electron chi connectivity index (χ2n) is 12.3. The normalized spacial score (nSPS) is 11.6. The summed E-state index contributed by atoms with van der Waals surface area (Å²) in [6.07, 6.45) is 1.07. The van der Waals surface area contributed by atoms with E-state index in [0.717, 1.165) is 15.8 Å². The fourth-order valence-corrected chi connectivity index (χ4v) is 7.35. The first kappa shape index (κ1) is 37.5. The van der Waals surface area contributed by atoms with Crippen LogP contribution in [-0.4, -0.2) is 95.3 Å². The van der Waals surface area contributed by atoms with Crippen LogP contribution in [0.5, 0.6) is 5.75 Å². The van der Waals surface area contributed by atoms with Gasteiger partial charge in [-0.2, -0.15) is 8.42 Å². The molecule has 268 valence electrons. The van der Waals surface area contributed by atoms with Gasteiger partial charge < -0.3 is 24.5 Å². The Balaban J connectivity index is 1.15. The van der Waals surface area contributed by atoms with Gasteiger partial charge in [-0.05, 0) is 67.6 Å². The number of aryl methyl sites for hydroxylation is 2. The number of fused-ring (bicyclic) bond motifs is 1. The monoisotopic (exact) mass is 754 g/mol. The molecule has 51 heavy (non-hydrogen) atoms. The largest absolute Gasteiger partial charge is 0.491 e. The lowest BCUT2D eigenvalue weighted by Gasteiger charge is -2.27. The van der Waals surface area contributed by atoms with Crippen molar-refractivity contribution >= 4 is 70.9 Å². The average molecular weight is 755 g/mol. The van der Waals surface area contributed by atoms with E-state index in [1.54, 1.807) is 18.0 Å². The molecule has 5 rings (SSSR count). The molecule has 0 amide bonds. The van der Waals surface area contributed by atoms with E-state index in [1.165, 1.54) is 34.8 Å². The molecule has 0 saturated heterocycles. The molecule has 0 unspecified atom stereocenters. The molecule has 5 aromatic rings. The number of quaternary nitrogens is 1. The van der Waals surface area contributed by atoms with E-state index in [9.17, 15) is 22.7 Å². The predicted octanol–water partition coefficient (Wildman–Crippen LogP) is 5.92. The van der Waals surface area contributed by atoms with Gasteiger partial charge in [0, 0.05) is 23.9 Å². The summed E-state index contributed by atoms with van der Waals surface area (Å²) in [6, 6.07) is 14.1. The Kier molecular flexibility index (Phi) is 11.8. The van der Waals surface area contributed by atoms with Gasteiger partial charge in [-0.1, -0.05) is 29.4 Å². The number of aromatic carboxylic acids is 1. The van der Waals surface area contributed by atoms with Crippen LogP contribution in [0.25, 0.3) is 10.2 Å². The van der Waals surface area contributed by atoms with Gasteiger partial charge >= 0.3 is 5.97 Å². The third-order valence-corrected chi connectivity index (χ3v) is 10.6. The smallest absolute Gasteiger partial charge is 0.355 e. The molecule has 3 N–H and O–H groups in total. The van der Waals surface area contributed by atoms with E-state index in [1.807, 2.05) is 51.4 Å². The molecule has 0 radical (unpaired) electrons. The molecule has 0 spiro atoms. The maximum Gasteiger partial charge on any atom is 0.355 e. The fraction of sp³-hybridized carbons (Fsp3) is 0.324. The number of nitrogens with zero attached hydrogens (tertiary/aromatic N) is 6. The van der Waals surface area contributed by atoms with Crippen molar-refractivity contribution in [3.05, 3.63) is 76.0 Å². The number of hydrogen-bond donors (Lipinski definition) is 3.